The third kappa shape index (κ3) is 24.7. The maximum Gasteiger partial charge on any atom is 0.275 e. The first-order valence-electron chi connectivity index (χ1n) is 23.4. The van der Waals surface area contributed by atoms with Gasteiger partial charge in [0.2, 0.25) is 6.79 Å². The number of hydrazine groups is 3. The van der Waals surface area contributed by atoms with Gasteiger partial charge in [0.15, 0.2) is 11.5 Å². The average molecular weight is 1090 g/mol. The SMILES string of the molecule is CC(C)SCCC(N)C(O)C(=O)N(N)C(=O)C1CCCO1.CC(C)SCC[C@@H](N)C(O)C(=O)NNC(=O)C(O)[C@@H](N)CCSC(C)C.CCSCC[C@@H](N)C(O)C(=O)N(N)C(=O)c1ccc2c(c1)OCO2. The summed E-state index contributed by atoms with van der Waals surface area (Å²) in [6.45, 7) is 14.9. The predicted molar refractivity (Wildman–Crippen MR) is 279 cm³/mol. The summed E-state index contributed by atoms with van der Waals surface area (Å²) in [5.41, 5.74) is 27.5. The second kappa shape index (κ2) is 35.2. The van der Waals surface area contributed by atoms with Crippen LogP contribution in [0.15, 0.2) is 18.2 Å². The van der Waals surface area contributed by atoms with Gasteiger partial charge in [-0.2, -0.15) is 47.0 Å². The number of amides is 6. The molecule has 18 N–H and O–H groups in total. The molecule has 6 unspecified atom stereocenters. The summed E-state index contributed by atoms with van der Waals surface area (Å²) >= 11 is 6.70. The Hall–Kier alpha value is -3.00. The van der Waals surface area contributed by atoms with Crippen LogP contribution in [0.2, 0.25) is 0 Å². The molecule has 6 amide bonds. The van der Waals surface area contributed by atoms with E-state index in [1.807, 2.05) is 34.6 Å². The molecule has 1 saturated heterocycles. The Labute approximate surface area is 434 Å². The van der Waals surface area contributed by atoms with Crippen molar-refractivity contribution in [1.82, 2.24) is 20.9 Å². The van der Waals surface area contributed by atoms with Crippen LogP contribution < -0.4 is 54.9 Å². The molecule has 408 valence electrons. The van der Waals surface area contributed by atoms with E-state index in [0.717, 1.165) is 29.4 Å². The Bertz CT molecular complexity index is 1750. The van der Waals surface area contributed by atoms with Crippen molar-refractivity contribution in [2.45, 2.75) is 157 Å². The van der Waals surface area contributed by atoms with Gasteiger partial charge in [-0.3, -0.25) is 39.6 Å². The number of carbonyl (C=O) groups is 6. The molecule has 2 aliphatic heterocycles. The molecule has 2 aliphatic rings. The van der Waals surface area contributed by atoms with Gasteiger partial charge < -0.3 is 57.6 Å². The molecule has 0 spiro atoms. The molecule has 3 rings (SSSR count). The number of thioether (sulfide) groups is 4. The van der Waals surface area contributed by atoms with Crippen LogP contribution in [0.4, 0.5) is 0 Å². The molecule has 1 fully saturated rings. The normalized spacial score (nSPS) is 17.3. The van der Waals surface area contributed by atoms with Crippen molar-refractivity contribution in [1.29, 1.82) is 0 Å². The van der Waals surface area contributed by atoms with E-state index in [1.165, 1.54) is 12.1 Å². The van der Waals surface area contributed by atoms with Crippen LogP contribution in [0.1, 0.15) is 97.3 Å². The minimum absolute atomic E-state index is 0.0710. The first-order valence-corrected chi connectivity index (χ1v) is 27.7. The van der Waals surface area contributed by atoms with E-state index in [4.69, 9.17) is 48.8 Å². The van der Waals surface area contributed by atoms with Gasteiger partial charge in [0.05, 0.1) is 0 Å². The van der Waals surface area contributed by atoms with Crippen molar-refractivity contribution < 1.29 is 63.4 Å². The van der Waals surface area contributed by atoms with E-state index in [0.29, 0.717) is 81.7 Å². The maximum atomic E-state index is 12.3. The number of rotatable bonds is 26. The van der Waals surface area contributed by atoms with Crippen molar-refractivity contribution in [3.05, 3.63) is 23.8 Å². The molecule has 2 heterocycles. The molecule has 0 bridgehead atoms. The van der Waals surface area contributed by atoms with Gasteiger partial charge in [-0.25, -0.2) is 21.7 Å². The Morgan fingerprint density at radius 2 is 1.07 bits per heavy atom. The van der Waals surface area contributed by atoms with E-state index in [-0.39, 0.29) is 12.4 Å². The number of hydrogen-bond acceptors (Lipinski definition) is 23. The number of nitrogens with one attached hydrogen (secondary N) is 2. The van der Waals surface area contributed by atoms with Crippen LogP contribution in [0.5, 0.6) is 11.5 Å². The smallest absolute Gasteiger partial charge is 0.275 e. The summed E-state index contributed by atoms with van der Waals surface area (Å²) in [4.78, 5) is 72.0. The van der Waals surface area contributed by atoms with Gasteiger partial charge >= 0.3 is 0 Å². The van der Waals surface area contributed by atoms with E-state index in [1.54, 1.807) is 53.1 Å². The van der Waals surface area contributed by atoms with E-state index < -0.39 is 90.1 Å². The van der Waals surface area contributed by atoms with Crippen LogP contribution in [0.25, 0.3) is 0 Å². The van der Waals surface area contributed by atoms with Gasteiger partial charge in [-0.05, 0) is 101 Å². The summed E-state index contributed by atoms with van der Waals surface area (Å²) in [7, 11) is 0. The Balaban J connectivity index is 0.000000535. The van der Waals surface area contributed by atoms with Gasteiger partial charge in [0.25, 0.3) is 35.4 Å². The zero-order valence-electron chi connectivity index (χ0n) is 41.8. The molecule has 0 radical (unpaired) electrons. The standard InChI is InChI=1S/C16H34N4O4S2.C15H21N3O5S.C13H25N3O4S/c1-9(2)25-7-5-11(17)13(21)15(23)19-20-16(24)14(22)12(18)6-8-26-10(3)4;1-2-24-6-5-10(16)13(19)15(21)18(17)14(20)9-3-4-11-12(7-9)23-8-22-11;1-8(2)21-7-5-9(14)11(17)13(19)16(15)12(18)10-4-3-6-20-10/h9-14,21-22H,5-8,17-18H2,1-4H3,(H,19,23)(H,20,24);3-4,7,10,13,19H,2,5-6,8,16-17H2,1H3;8-11,17H,3-7,14-15H2,1-2H3/t11-,12+,13?,14?;10-,13?;/m.1./s1. The number of ether oxygens (including phenoxy) is 3. The predicted octanol–water partition coefficient (Wildman–Crippen LogP) is -0.723. The van der Waals surface area contributed by atoms with Crippen LogP contribution >= 0.6 is 47.0 Å². The topological polar surface area (TPSA) is 398 Å². The maximum absolute atomic E-state index is 12.3. The summed E-state index contributed by atoms with van der Waals surface area (Å²) in [6, 6.07) is 1.45. The molecule has 23 nitrogen and oxygen atoms in total. The fourth-order valence-corrected chi connectivity index (χ4v) is 9.30. The van der Waals surface area contributed by atoms with Crippen LogP contribution in [0.3, 0.4) is 0 Å². The van der Waals surface area contributed by atoms with Gasteiger partial charge in [0, 0.05) is 36.3 Å². The highest BCUT2D eigenvalue weighted by Crippen LogP contribution is 2.32. The second-order valence-corrected chi connectivity index (χ2v) is 23.6. The second-order valence-electron chi connectivity index (χ2n) is 17.2. The van der Waals surface area contributed by atoms with E-state index >= 15 is 0 Å². The molecule has 27 heteroatoms. The fraction of sp³-hybridized carbons (Fsp3) is 0.727. The average Bonchev–Trinajstić information content (AvgIpc) is 4.06. The summed E-state index contributed by atoms with van der Waals surface area (Å²) < 4.78 is 15.5. The van der Waals surface area contributed by atoms with Crippen molar-refractivity contribution >= 4 is 82.5 Å². The fourth-order valence-electron chi connectivity index (χ4n) is 5.93. The zero-order valence-corrected chi connectivity index (χ0v) is 45.1. The lowest BCUT2D eigenvalue weighted by Crippen LogP contribution is -2.56. The van der Waals surface area contributed by atoms with Crippen LogP contribution in [-0.4, -0.2) is 178 Å². The van der Waals surface area contributed by atoms with Crippen LogP contribution in [-0.2, 0) is 28.7 Å². The highest BCUT2D eigenvalue weighted by molar-refractivity contribution is 8.00. The summed E-state index contributed by atoms with van der Waals surface area (Å²) in [5, 5.41) is 41.9. The molecular formula is C44H80N10O13S4. The van der Waals surface area contributed by atoms with Crippen molar-refractivity contribution in [2.75, 3.05) is 42.2 Å². The molecule has 9 atom stereocenters. The minimum atomic E-state index is -1.54. The molecule has 0 aromatic heterocycles. The van der Waals surface area contributed by atoms with Crippen molar-refractivity contribution in [2.24, 2.45) is 34.6 Å². The number of nitrogens with two attached hydrogens (primary N) is 6. The third-order valence-electron chi connectivity index (χ3n) is 10.2. The van der Waals surface area contributed by atoms with Gasteiger partial charge in [0.1, 0.15) is 30.5 Å². The van der Waals surface area contributed by atoms with Gasteiger partial charge in [-0.15, -0.1) is 0 Å². The summed E-state index contributed by atoms with van der Waals surface area (Å²) in [6.07, 6.45) is -3.47. The Morgan fingerprint density at radius 1 is 0.648 bits per heavy atom. The van der Waals surface area contributed by atoms with Crippen LogP contribution in [0, 0.1) is 0 Å². The highest BCUT2D eigenvalue weighted by atomic mass is 32.2. The Morgan fingerprint density at radius 3 is 1.49 bits per heavy atom. The number of fused-ring (bicyclic) bond motifs is 1. The highest BCUT2D eigenvalue weighted by Gasteiger charge is 2.35. The monoisotopic (exact) mass is 1080 g/mol. The number of benzene rings is 1. The minimum Gasteiger partial charge on any atom is -0.454 e. The lowest BCUT2D eigenvalue weighted by atomic mass is 10.1. The number of nitrogens with zero attached hydrogens (tertiary/aromatic N) is 2. The van der Waals surface area contributed by atoms with E-state index in [9.17, 15) is 49.2 Å². The van der Waals surface area contributed by atoms with Crippen molar-refractivity contribution in [3.63, 3.8) is 0 Å². The van der Waals surface area contributed by atoms with Crippen molar-refractivity contribution in [3.8, 4) is 11.5 Å². The number of imide groups is 2. The summed E-state index contributed by atoms with van der Waals surface area (Å²) in [5.74, 6) is 10.9. The quantitative estimate of drug-likeness (QED) is 0.0236. The first kappa shape index (κ1) is 66.0. The molecule has 0 aliphatic carbocycles. The Kier molecular flexibility index (Phi) is 32.8. The number of carbonyl (C=O) groups excluding carboxylic acids is 6. The largest absolute Gasteiger partial charge is 0.454 e. The van der Waals surface area contributed by atoms with Gasteiger partial charge in [-0.1, -0.05) is 48.5 Å². The zero-order chi connectivity index (χ0) is 54.0. The van der Waals surface area contributed by atoms with E-state index in [2.05, 4.69) is 24.7 Å². The third-order valence-corrected chi connectivity index (χ3v) is 14.6. The number of aliphatic hydroxyl groups is 4. The number of aliphatic hydroxyl groups excluding tert-OH is 4. The molecule has 1 aromatic carbocycles. The molecule has 71 heavy (non-hydrogen) atoms. The lowest BCUT2D eigenvalue weighted by Gasteiger charge is -2.24. The lowest BCUT2D eigenvalue weighted by molar-refractivity contribution is -0.156. The number of hydrogen-bond donors (Lipinski definition) is 12. The molecular weight excluding hydrogens is 1000 g/mol. The first-order chi connectivity index (χ1) is 33.3. The molecule has 0 saturated carbocycles. The molecule has 1 aromatic rings.